The Bertz CT molecular complexity index is 355. The van der Waals surface area contributed by atoms with Crippen molar-refractivity contribution in [1.82, 2.24) is 0 Å². The zero-order valence-corrected chi connectivity index (χ0v) is 7.19. The van der Waals surface area contributed by atoms with Gasteiger partial charge in [0.15, 0.2) is 5.78 Å². The summed E-state index contributed by atoms with van der Waals surface area (Å²) in [6.07, 6.45) is 1.64. The minimum absolute atomic E-state index is 0.108. The zero-order chi connectivity index (χ0) is 9.26. The average molecular weight is 174 g/mol. The number of Topliss-reactive ketones (excluding diaryl/α,β-unsaturated/α-hetero) is 1. The van der Waals surface area contributed by atoms with Gasteiger partial charge in [-0.25, -0.2) is 0 Å². The third-order valence-electron chi connectivity index (χ3n) is 2.19. The molecule has 13 heavy (non-hydrogen) atoms. The lowest BCUT2D eigenvalue weighted by atomic mass is 9.95. The summed E-state index contributed by atoms with van der Waals surface area (Å²) in [6.45, 7) is 4.02. The Morgan fingerprint density at radius 2 is 2.23 bits per heavy atom. The van der Waals surface area contributed by atoms with Gasteiger partial charge >= 0.3 is 0 Å². The van der Waals surface area contributed by atoms with Gasteiger partial charge in [-0.2, -0.15) is 0 Å². The second-order valence-corrected chi connectivity index (χ2v) is 3.01. The highest BCUT2D eigenvalue weighted by atomic mass is 16.5. The minimum atomic E-state index is -0.185. The first-order valence-corrected chi connectivity index (χ1v) is 4.21. The molecule has 0 radical (unpaired) electrons. The summed E-state index contributed by atoms with van der Waals surface area (Å²) in [7, 11) is 0. The van der Waals surface area contributed by atoms with Crippen LogP contribution >= 0.6 is 0 Å². The maximum Gasteiger partial charge on any atom is 0.176 e. The monoisotopic (exact) mass is 174 g/mol. The summed E-state index contributed by atoms with van der Waals surface area (Å²) < 4.78 is 5.41. The quantitative estimate of drug-likeness (QED) is 0.609. The topological polar surface area (TPSA) is 26.3 Å². The van der Waals surface area contributed by atoms with Gasteiger partial charge in [0.2, 0.25) is 0 Å². The Balaban J connectivity index is 2.45. The molecular formula is C11H10O2. The van der Waals surface area contributed by atoms with Crippen molar-refractivity contribution in [3.63, 3.8) is 0 Å². The lowest BCUT2D eigenvalue weighted by Gasteiger charge is -2.21. The molecule has 2 rings (SSSR count). The molecule has 1 heterocycles. The maximum absolute atomic E-state index is 11.7. The number of hydrogen-bond donors (Lipinski definition) is 0. The largest absolute Gasteiger partial charge is 0.492 e. The van der Waals surface area contributed by atoms with Crippen LogP contribution in [0.2, 0.25) is 0 Å². The predicted molar refractivity (Wildman–Crippen MR) is 50.0 cm³/mol. The second-order valence-electron chi connectivity index (χ2n) is 3.01. The molecule has 0 aromatic heterocycles. The Kier molecular flexibility index (Phi) is 1.89. The molecule has 0 fully saturated rings. The van der Waals surface area contributed by atoms with Crippen LogP contribution in [0, 0.1) is 5.92 Å². The molecule has 2 nitrogen and oxygen atoms in total. The van der Waals surface area contributed by atoms with Gasteiger partial charge in [-0.3, -0.25) is 4.79 Å². The lowest BCUT2D eigenvalue weighted by molar-refractivity contribution is 0.0874. The molecule has 1 aromatic carbocycles. The molecule has 0 unspecified atom stereocenters. The van der Waals surface area contributed by atoms with Crippen LogP contribution in [0.15, 0.2) is 36.9 Å². The summed E-state index contributed by atoms with van der Waals surface area (Å²) in [5, 5.41) is 0. The van der Waals surface area contributed by atoms with Gasteiger partial charge in [0.25, 0.3) is 0 Å². The molecule has 0 N–H and O–H groups in total. The van der Waals surface area contributed by atoms with E-state index in [1.54, 1.807) is 12.1 Å². The van der Waals surface area contributed by atoms with Gasteiger partial charge < -0.3 is 4.74 Å². The molecule has 0 saturated carbocycles. The standard InChI is InChI=1S/C11H10O2/c1-2-8-7-13-10-6-4-3-5-9(10)11(8)12/h2-6,8H,1,7H2/t8-/m1/s1. The molecule has 0 amide bonds. The molecule has 66 valence electrons. The average Bonchev–Trinajstić information content (AvgIpc) is 2.19. The number of ether oxygens (including phenoxy) is 1. The summed E-state index contributed by atoms with van der Waals surface area (Å²) in [4.78, 5) is 11.7. The van der Waals surface area contributed by atoms with Crippen molar-refractivity contribution in [3.8, 4) is 5.75 Å². The van der Waals surface area contributed by atoms with Crippen LogP contribution in [0.1, 0.15) is 10.4 Å². The number of fused-ring (bicyclic) bond motifs is 1. The first-order valence-electron chi connectivity index (χ1n) is 4.21. The van der Waals surface area contributed by atoms with Crippen molar-refractivity contribution in [1.29, 1.82) is 0 Å². The molecule has 1 aliphatic rings. The number of carbonyl (C=O) groups excluding carboxylic acids is 1. The molecule has 1 atom stereocenters. The zero-order valence-electron chi connectivity index (χ0n) is 7.19. The number of hydrogen-bond acceptors (Lipinski definition) is 2. The SMILES string of the molecule is C=C[C@@H]1COc2ccccc2C1=O. The number of benzene rings is 1. The smallest absolute Gasteiger partial charge is 0.176 e. The summed E-state index contributed by atoms with van der Waals surface area (Å²) in [6, 6.07) is 7.30. The van der Waals surface area contributed by atoms with Gasteiger partial charge in [0.1, 0.15) is 12.4 Å². The molecule has 2 heteroatoms. The van der Waals surface area contributed by atoms with Crippen LogP contribution in [-0.4, -0.2) is 12.4 Å². The van der Waals surface area contributed by atoms with Crippen LogP contribution in [0.4, 0.5) is 0 Å². The molecule has 0 bridgehead atoms. The highest BCUT2D eigenvalue weighted by Gasteiger charge is 2.25. The normalized spacial score (nSPS) is 20.3. The summed E-state index contributed by atoms with van der Waals surface area (Å²) >= 11 is 0. The maximum atomic E-state index is 11.7. The third kappa shape index (κ3) is 1.24. The fourth-order valence-corrected chi connectivity index (χ4v) is 1.43. The fourth-order valence-electron chi connectivity index (χ4n) is 1.43. The van der Waals surface area contributed by atoms with Crippen LogP contribution in [0.3, 0.4) is 0 Å². The molecule has 1 aromatic rings. The Labute approximate surface area is 76.8 Å². The van der Waals surface area contributed by atoms with Gasteiger partial charge in [-0.05, 0) is 12.1 Å². The molecule has 1 aliphatic heterocycles. The third-order valence-corrected chi connectivity index (χ3v) is 2.19. The van der Waals surface area contributed by atoms with E-state index in [1.807, 2.05) is 18.2 Å². The Hall–Kier alpha value is -1.57. The highest BCUT2D eigenvalue weighted by molar-refractivity contribution is 6.02. The van der Waals surface area contributed by atoms with Crippen molar-refractivity contribution in [2.45, 2.75) is 0 Å². The number of carbonyl (C=O) groups is 1. The molecular weight excluding hydrogens is 164 g/mol. The van der Waals surface area contributed by atoms with E-state index in [-0.39, 0.29) is 11.7 Å². The second kappa shape index (κ2) is 3.05. The minimum Gasteiger partial charge on any atom is -0.492 e. The lowest BCUT2D eigenvalue weighted by Crippen LogP contribution is -2.25. The Morgan fingerprint density at radius 1 is 1.46 bits per heavy atom. The Morgan fingerprint density at radius 3 is 3.00 bits per heavy atom. The number of para-hydroxylation sites is 1. The van der Waals surface area contributed by atoms with Gasteiger partial charge in [-0.1, -0.05) is 18.2 Å². The van der Waals surface area contributed by atoms with Crippen molar-refractivity contribution in [3.05, 3.63) is 42.5 Å². The summed E-state index contributed by atoms with van der Waals surface area (Å²) in [5.74, 6) is 0.609. The van der Waals surface area contributed by atoms with E-state index >= 15 is 0 Å². The summed E-state index contributed by atoms with van der Waals surface area (Å²) in [5.41, 5.74) is 0.665. The van der Waals surface area contributed by atoms with E-state index in [0.717, 1.165) is 0 Å². The molecule has 0 spiro atoms. The van der Waals surface area contributed by atoms with E-state index in [9.17, 15) is 4.79 Å². The van der Waals surface area contributed by atoms with E-state index in [2.05, 4.69) is 6.58 Å². The van der Waals surface area contributed by atoms with Gasteiger partial charge in [0.05, 0.1) is 11.5 Å². The van der Waals surface area contributed by atoms with Gasteiger partial charge in [0, 0.05) is 0 Å². The van der Waals surface area contributed by atoms with Crippen molar-refractivity contribution in [2.75, 3.05) is 6.61 Å². The van der Waals surface area contributed by atoms with Crippen LogP contribution in [-0.2, 0) is 0 Å². The molecule has 0 saturated heterocycles. The van der Waals surface area contributed by atoms with Crippen molar-refractivity contribution >= 4 is 5.78 Å². The number of rotatable bonds is 1. The van der Waals surface area contributed by atoms with E-state index in [1.165, 1.54) is 0 Å². The number of ketones is 1. The predicted octanol–water partition coefficient (Wildman–Crippen LogP) is 2.06. The highest BCUT2D eigenvalue weighted by Crippen LogP contribution is 2.26. The van der Waals surface area contributed by atoms with E-state index < -0.39 is 0 Å². The first kappa shape index (κ1) is 8.05. The van der Waals surface area contributed by atoms with Crippen LogP contribution in [0.25, 0.3) is 0 Å². The van der Waals surface area contributed by atoms with Crippen molar-refractivity contribution in [2.24, 2.45) is 5.92 Å². The fraction of sp³-hybridized carbons (Fsp3) is 0.182. The van der Waals surface area contributed by atoms with Crippen LogP contribution in [0.5, 0.6) is 5.75 Å². The molecule has 0 aliphatic carbocycles. The van der Waals surface area contributed by atoms with Gasteiger partial charge in [-0.15, -0.1) is 6.58 Å². The first-order chi connectivity index (χ1) is 6.33. The van der Waals surface area contributed by atoms with Crippen molar-refractivity contribution < 1.29 is 9.53 Å². The van der Waals surface area contributed by atoms with E-state index in [4.69, 9.17) is 4.74 Å². The van der Waals surface area contributed by atoms with Crippen LogP contribution < -0.4 is 4.74 Å². The van der Waals surface area contributed by atoms with E-state index in [0.29, 0.717) is 17.9 Å².